The van der Waals surface area contributed by atoms with E-state index in [2.05, 4.69) is 41.1 Å². The summed E-state index contributed by atoms with van der Waals surface area (Å²) in [6, 6.07) is 11.3. The Morgan fingerprint density at radius 3 is 2.71 bits per heavy atom. The second kappa shape index (κ2) is 15.0. The maximum absolute atomic E-state index is 14.3. The lowest BCUT2D eigenvalue weighted by atomic mass is 10.1. The summed E-state index contributed by atoms with van der Waals surface area (Å²) in [5.74, 6) is -0.795. The number of ketones is 1. The molecular weight excluding hydrogens is 645 g/mol. The summed E-state index contributed by atoms with van der Waals surface area (Å²) in [5, 5.41) is 16.6. The molecule has 48 heavy (non-hydrogen) atoms. The first-order valence-electron chi connectivity index (χ1n) is 15.8. The molecule has 1 aromatic carbocycles. The Hall–Kier alpha value is -4.10. The number of carbonyl (C=O) groups excluding carboxylic acids is 1. The second-order valence-corrected chi connectivity index (χ2v) is 18.7. The second-order valence-electron chi connectivity index (χ2n) is 13.1. The highest BCUT2D eigenvalue weighted by Crippen LogP contribution is 2.40. The van der Waals surface area contributed by atoms with Crippen LogP contribution in [-0.4, -0.2) is 73.6 Å². The molecule has 0 saturated carbocycles. The normalized spacial score (nSPS) is 19.5. The van der Waals surface area contributed by atoms with Crippen molar-refractivity contribution in [2.24, 2.45) is 0 Å². The predicted octanol–water partition coefficient (Wildman–Crippen LogP) is 4.34. The Bertz CT molecular complexity index is 1710. The van der Waals surface area contributed by atoms with E-state index in [1.54, 1.807) is 24.4 Å². The van der Waals surface area contributed by atoms with Gasteiger partial charge in [-0.3, -0.25) is 14.6 Å². The number of carbonyl (C=O) groups is 1. The van der Waals surface area contributed by atoms with E-state index in [9.17, 15) is 28.0 Å². The van der Waals surface area contributed by atoms with Crippen LogP contribution in [0.25, 0.3) is 0 Å². The number of Topliss-reactive ketones (excluding diaryl/α,β-unsaturated/α-hetero) is 1. The van der Waals surface area contributed by atoms with Crippen LogP contribution in [0.3, 0.4) is 0 Å². The molecule has 2 aromatic heterocycles. The molecule has 0 bridgehead atoms. The van der Waals surface area contributed by atoms with Crippen LogP contribution >= 0.6 is 0 Å². The van der Waals surface area contributed by atoms with Gasteiger partial charge in [0, 0.05) is 59.6 Å². The van der Waals surface area contributed by atoms with Crippen LogP contribution in [0.4, 0.5) is 18.9 Å². The van der Waals surface area contributed by atoms with Gasteiger partial charge in [0.2, 0.25) is 0 Å². The monoisotopic (exact) mass is 684 g/mol. The summed E-state index contributed by atoms with van der Waals surface area (Å²) in [6.07, 6.45) is -2.31. The number of anilines is 1. The van der Waals surface area contributed by atoms with Gasteiger partial charge in [-0.1, -0.05) is 43.9 Å². The smallest absolute Gasteiger partial charge is 0.425 e. The molecule has 15 heteroatoms. The SMILES string of the molecule is C[Si](C)(C)CCOCn1ncc(OC2c3ccccc3CC2OCCC(=O)C2CN(c3ccncc3C#N)CCN2)c(C(F)(F)F)c1=O. The highest BCUT2D eigenvalue weighted by Gasteiger charge is 2.42. The van der Waals surface area contributed by atoms with Gasteiger partial charge in [-0.15, -0.1) is 0 Å². The van der Waals surface area contributed by atoms with Gasteiger partial charge < -0.3 is 24.4 Å². The first-order valence-corrected chi connectivity index (χ1v) is 19.5. The van der Waals surface area contributed by atoms with E-state index in [0.717, 1.165) is 17.8 Å². The third-order valence-electron chi connectivity index (χ3n) is 8.38. The molecule has 3 unspecified atom stereocenters. The number of nitrogens with one attached hydrogen (secondary N) is 1. The molecule has 0 amide bonds. The Labute approximate surface area is 277 Å². The minimum atomic E-state index is -5.01. The molecule has 3 atom stereocenters. The van der Waals surface area contributed by atoms with Gasteiger partial charge in [-0.2, -0.15) is 23.5 Å². The van der Waals surface area contributed by atoms with E-state index in [-0.39, 0.29) is 18.8 Å². The minimum Gasteiger partial charge on any atom is -0.480 e. The number of aromatic nitrogens is 3. The van der Waals surface area contributed by atoms with Gasteiger partial charge in [0.1, 0.15) is 18.9 Å². The summed E-state index contributed by atoms with van der Waals surface area (Å²) >= 11 is 0. The lowest BCUT2D eigenvalue weighted by Gasteiger charge is -2.35. The van der Waals surface area contributed by atoms with Crippen molar-refractivity contribution in [3.63, 3.8) is 0 Å². The quantitative estimate of drug-likeness (QED) is 0.205. The minimum absolute atomic E-state index is 0.00889. The number of hydrogen-bond donors (Lipinski definition) is 1. The summed E-state index contributed by atoms with van der Waals surface area (Å²) in [6.45, 7) is 7.85. The number of nitriles is 1. The van der Waals surface area contributed by atoms with Crippen LogP contribution in [0.1, 0.15) is 34.8 Å². The first-order chi connectivity index (χ1) is 22.9. The standard InChI is InChI=1S/C33H39F3N6O5Si/c1-48(2,3)15-14-45-21-42-32(44)30(33(34,35)36)29(19-40-42)47-31-24-7-5-4-6-22(24)16-28(31)46-13-9-27(43)25-20-41(12-11-39-25)26-8-10-38-18-23(26)17-37/h4-8,10,18-19,25,28,31,39H,9,11-16,20-21H2,1-3H3. The van der Waals surface area contributed by atoms with Crippen molar-refractivity contribution in [3.8, 4) is 11.8 Å². The average Bonchev–Trinajstić information content (AvgIpc) is 3.39. The van der Waals surface area contributed by atoms with Crippen LogP contribution in [0, 0.1) is 11.3 Å². The van der Waals surface area contributed by atoms with Gasteiger partial charge >= 0.3 is 6.18 Å². The summed E-state index contributed by atoms with van der Waals surface area (Å²) in [5.41, 5.74) is -0.221. The van der Waals surface area contributed by atoms with Crippen LogP contribution in [-0.2, 0) is 33.6 Å². The molecule has 1 aliphatic heterocycles. The Morgan fingerprint density at radius 1 is 1.17 bits per heavy atom. The van der Waals surface area contributed by atoms with Crippen molar-refractivity contribution in [2.75, 3.05) is 37.7 Å². The highest BCUT2D eigenvalue weighted by molar-refractivity contribution is 6.76. The van der Waals surface area contributed by atoms with Crippen molar-refractivity contribution in [3.05, 3.63) is 81.5 Å². The number of halogens is 3. The topological polar surface area (TPSA) is 132 Å². The average molecular weight is 685 g/mol. The number of rotatable bonds is 13. The molecule has 11 nitrogen and oxygen atoms in total. The number of hydrogen-bond acceptors (Lipinski definition) is 10. The predicted molar refractivity (Wildman–Crippen MR) is 173 cm³/mol. The zero-order chi connectivity index (χ0) is 34.5. The lowest BCUT2D eigenvalue weighted by Crippen LogP contribution is -2.54. The van der Waals surface area contributed by atoms with Crippen molar-refractivity contribution in [1.82, 2.24) is 20.1 Å². The van der Waals surface area contributed by atoms with Gasteiger partial charge in [0.25, 0.3) is 5.56 Å². The molecule has 1 fully saturated rings. The Balaban J connectivity index is 1.26. The van der Waals surface area contributed by atoms with Gasteiger partial charge in [0.15, 0.2) is 23.2 Å². The third-order valence-corrected chi connectivity index (χ3v) is 10.1. The summed E-state index contributed by atoms with van der Waals surface area (Å²) in [7, 11) is -1.44. The number of ether oxygens (including phenoxy) is 3. The fraction of sp³-hybridized carbons (Fsp3) is 0.485. The Kier molecular flexibility index (Phi) is 11.0. The van der Waals surface area contributed by atoms with Crippen LogP contribution in [0.15, 0.2) is 53.7 Å². The molecule has 3 aromatic rings. The zero-order valence-corrected chi connectivity index (χ0v) is 28.1. The van der Waals surface area contributed by atoms with Crippen molar-refractivity contribution in [2.45, 2.75) is 69.7 Å². The number of alkyl halides is 3. The number of pyridine rings is 1. The largest absolute Gasteiger partial charge is 0.480 e. The van der Waals surface area contributed by atoms with Crippen LogP contribution in [0.2, 0.25) is 25.7 Å². The van der Waals surface area contributed by atoms with E-state index in [4.69, 9.17) is 14.2 Å². The molecule has 0 radical (unpaired) electrons. The molecule has 1 saturated heterocycles. The first kappa shape index (κ1) is 35.2. The van der Waals surface area contributed by atoms with E-state index in [0.29, 0.717) is 54.2 Å². The fourth-order valence-corrected chi connectivity index (χ4v) is 6.56. The van der Waals surface area contributed by atoms with Gasteiger partial charge in [-0.25, -0.2) is 4.68 Å². The maximum Gasteiger partial charge on any atom is 0.425 e. The molecule has 5 rings (SSSR count). The maximum atomic E-state index is 14.3. The van der Waals surface area contributed by atoms with E-state index in [1.165, 1.54) is 6.20 Å². The molecule has 0 spiro atoms. The van der Waals surface area contributed by atoms with Crippen molar-refractivity contribution >= 4 is 19.5 Å². The van der Waals surface area contributed by atoms with E-state index < -0.39 is 56.1 Å². The highest BCUT2D eigenvalue weighted by atomic mass is 28.3. The van der Waals surface area contributed by atoms with Gasteiger partial charge in [-0.05, 0) is 23.2 Å². The van der Waals surface area contributed by atoms with E-state index >= 15 is 0 Å². The van der Waals surface area contributed by atoms with Crippen molar-refractivity contribution in [1.29, 1.82) is 5.26 Å². The number of nitrogens with zero attached hydrogens (tertiary/aromatic N) is 5. The zero-order valence-electron chi connectivity index (χ0n) is 27.1. The van der Waals surface area contributed by atoms with Crippen LogP contribution in [0.5, 0.6) is 5.75 Å². The number of piperazine rings is 1. The van der Waals surface area contributed by atoms with Gasteiger partial charge in [0.05, 0.1) is 30.1 Å². The third kappa shape index (κ3) is 8.48. The fourth-order valence-electron chi connectivity index (χ4n) is 5.81. The van der Waals surface area contributed by atoms with E-state index in [1.807, 2.05) is 17.0 Å². The molecule has 1 N–H and O–H groups in total. The summed E-state index contributed by atoms with van der Waals surface area (Å²) in [4.78, 5) is 32.2. The molecule has 2 aliphatic rings. The molecule has 3 heterocycles. The van der Waals surface area contributed by atoms with Crippen molar-refractivity contribution < 1.29 is 32.2 Å². The number of benzene rings is 1. The lowest BCUT2D eigenvalue weighted by molar-refractivity contribution is -0.142. The number of fused-ring (bicyclic) bond motifs is 1. The molecular formula is C33H39F3N6O5Si. The summed E-state index contributed by atoms with van der Waals surface area (Å²) < 4.78 is 61.1. The molecule has 1 aliphatic carbocycles. The van der Waals surface area contributed by atoms with Crippen LogP contribution < -0.4 is 20.5 Å². The Morgan fingerprint density at radius 2 is 1.96 bits per heavy atom. The molecule has 256 valence electrons.